The highest BCUT2D eigenvalue weighted by Gasteiger charge is 2.16. The summed E-state index contributed by atoms with van der Waals surface area (Å²) in [6, 6.07) is 15.1. The third kappa shape index (κ3) is 4.07. The van der Waals surface area contributed by atoms with Crippen molar-refractivity contribution in [3.8, 4) is 11.4 Å². The molecule has 0 aliphatic carbocycles. The van der Waals surface area contributed by atoms with Crippen LogP contribution >= 0.6 is 0 Å². The standard InChI is InChI=1S/C17H19N5O4S/c1-20(2)27(24,25)16-10-8-15(9-11-16)26-13-12-21-17(23)22(19-18-21)14-6-4-3-5-7-14/h3-11H,12-13H2,1-2H3. The van der Waals surface area contributed by atoms with E-state index in [0.717, 1.165) is 4.31 Å². The van der Waals surface area contributed by atoms with E-state index in [1.165, 1.54) is 35.6 Å². The molecule has 0 bridgehead atoms. The van der Waals surface area contributed by atoms with Crippen LogP contribution in [0.15, 0.2) is 64.3 Å². The van der Waals surface area contributed by atoms with Crippen molar-refractivity contribution in [1.82, 2.24) is 24.1 Å². The van der Waals surface area contributed by atoms with Gasteiger partial charge in [0.2, 0.25) is 10.0 Å². The molecule has 10 heteroatoms. The lowest BCUT2D eigenvalue weighted by molar-refractivity contribution is 0.287. The lowest BCUT2D eigenvalue weighted by atomic mass is 10.3. The largest absolute Gasteiger partial charge is 0.492 e. The average Bonchev–Trinajstić information content (AvgIpc) is 3.03. The number of para-hydroxylation sites is 1. The molecule has 9 nitrogen and oxygen atoms in total. The Kier molecular flexibility index (Phi) is 5.38. The molecular weight excluding hydrogens is 370 g/mol. The third-order valence-corrected chi connectivity index (χ3v) is 5.64. The first-order valence-corrected chi connectivity index (χ1v) is 9.57. The summed E-state index contributed by atoms with van der Waals surface area (Å²) in [5.74, 6) is 0.496. The summed E-state index contributed by atoms with van der Waals surface area (Å²) < 4.78 is 33.2. The van der Waals surface area contributed by atoms with Crippen LogP contribution in [0.1, 0.15) is 0 Å². The molecule has 0 radical (unpaired) electrons. The Morgan fingerprint density at radius 1 is 1.00 bits per heavy atom. The van der Waals surface area contributed by atoms with Crippen LogP contribution in [0.2, 0.25) is 0 Å². The molecule has 0 amide bonds. The van der Waals surface area contributed by atoms with Gasteiger partial charge in [-0.1, -0.05) is 18.2 Å². The van der Waals surface area contributed by atoms with Crippen LogP contribution in [0.5, 0.6) is 5.75 Å². The highest BCUT2D eigenvalue weighted by Crippen LogP contribution is 2.18. The molecular formula is C17H19N5O4S. The molecule has 0 saturated heterocycles. The van der Waals surface area contributed by atoms with E-state index in [-0.39, 0.29) is 23.7 Å². The number of sulfonamides is 1. The fourth-order valence-corrected chi connectivity index (χ4v) is 3.22. The number of hydrogen-bond acceptors (Lipinski definition) is 6. The maximum Gasteiger partial charge on any atom is 0.368 e. The molecule has 0 spiro atoms. The van der Waals surface area contributed by atoms with Gasteiger partial charge in [-0.15, -0.1) is 0 Å². The predicted molar refractivity (Wildman–Crippen MR) is 98.4 cm³/mol. The molecule has 0 aliphatic rings. The lowest BCUT2D eigenvalue weighted by Crippen LogP contribution is -2.26. The van der Waals surface area contributed by atoms with Gasteiger partial charge in [-0.3, -0.25) is 0 Å². The van der Waals surface area contributed by atoms with Crippen LogP contribution in [0, 0.1) is 0 Å². The van der Waals surface area contributed by atoms with Crippen LogP contribution in [-0.2, 0) is 16.6 Å². The molecule has 27 heavy (non-hydrogen) atoms. The van der Waals surface area contributed by atoms with Gasteiger partial charge < -0.3 is 4.74 Å². The monoisotopic (exact) mass is 389 g/mol. The number of rotatable bonds is 7. The van der Waals surface area contributed by atoms with E-state index in [9.17, 15) is 13.2 Å². The summed E-state index contributed by atoms with van der Waals surface area (Å²) in [6.07, 6.45) is 0. The zero-order valence-electron chi connectivity index (χ0n) is 14.9. The van der Waals surface area contributed by atoms with Gasteiger partial charge in [0.15, 0.2) is 0 Å². The molecule has 3 rings (SSSR count). The van der Waals surface area contributed by atoms with Crippen LogP contribution in [0.3, 0.4) is 0 Å². The Hall–Kier alpha value is -2.98. The van der Waals surface area contributed by atoms with Crippen molar-refractivity contribution in [2.45, 2.75) is 11.4 Å². The summed E-state index contributed by atoms with van der Waals surface area (Å²) >= 11 is 0. The SMILES string of the molecule is CN(C)S(=O)(=O)c1ccc(OCCn2nnn(-c3ccccc3)c2=O)cc1. The maximum atomic E-state index is 12.3. The number of ether oxygens (including phenoxy) is 1. The van der Waals surface area contributed by atoms with Crippen molar-refractivity contribution in [2.24, 2.45) is 0 Å². The van der Waals surface area contributed by atoms with Crippen LogP contribution in [0.25, 0.3) is 5.69 Å². The van der Waals surface area contributed by atoms with E-state index in [0.29, 0.717) is 11.4 Å². The van der Waals surface area contributed by atoms with Crippen molar-refractivity contribution in [1.29, 1.82) is 0 Å². The molecule has 0 fully saturated rings. The average molecular weight is 389 g/mol. The van der Waals surface area contributed by atoms with Crippen molar-refractivity contribution >= 4 is 10.0 Å². The van der Waals surface area contributed by atoms with Crippen LogP contribution in [0.4, 0.5) is 0 Å². The van der Waals surface area contributed by atoms with Gasteiger partial charge in [0.25, 0.3) is 0 Å². The number of tetrazole rings is 1. The second-order valence-corrected chi connectivity index (χ2v) is 7.99. The van der Waals surface area contributed by atoms with E-state index in [1.54, 1.807) is 24.3 Å². The zero-order valence-corrected chi connectivity index (χ0v) is 15.7. The molecule has 3 aromatic rings. The molecule has 0 saturated carbocycles. The summed E-state index contributed by atoms with van der Waals surface area (Å²) in [5.41, 5.74) is 0.268. The van der Waals surface area contributed by atoms with Gasteiger partial charge in [0.05, 0.1) is 17.1 Å². The van der Waals surface area contributed by atoms with Crippen molar-refractivity contribution < 1.29 is 13.2 Å². The molecule has 142 valence electrons. The van der Waals surface area contributed by atoms with Gasteiger partial charge in [-0.25, -0.2) is 17.5 Å². The first kappa shape index (κ1) is 18.8. The smallest absolute Gasteiger partial charge is 0.368 e. The van der Waals surface area contributed by atoms with Gasteiger partial charge in [-0.05, 0) is 46.8 Å². The maximum absolute atomic E-state index is 12.3. The van der Waals surface area contributed by atoms with Crippen molar-refractivity contribution in [2.75, 3.05) is 20.7 Å². The first-order chi connectivity index (χ1) is 12.9. The Labute approximate surface area is 156 Å². The van der Waals surface area contributed by atoms with Gasteiger partial charge in [0, 0.05) is 14.1 Å². The van der Waals surface area contributed by atoms with E-state index in [1.807, 2.05) is 18.2 Å². The van der Waals surface area contributed by atoms with Crippen molar-refractivity contribution in [3.63, 3.8) is 0 Å². The van der Waals surface area contributed by atoms with Gasteiger partial charge in [-0.2, -0.15) is 9.36 Å². The molecule has 0 aliphatic heterocycles. The van der Waals surface area contributed by atoms with Crippen LogP contribution < -0.4 is 10.4 Å². The third-order valence-electron chi connectivity index (χ3n) is 3.81. The quantitative estimate of drug-likeness (QED) is 0.591. The van der Waals surface area contributed by atoms with E-state index >= 15 is 0 Å². The fraction of sp³-hybridized carbons (Fsp3) is 0.235. The predicted octanol–water partition coefficient (Wildman–Crippen LogP) is 0.758. The second kappa shape index (κ2) is 7.72. The van der Waals surface area contributed by atoms with Crippen LogP contribution in [-0.4, -0.2) is 53.2 Å². The van der Waals surface area contributed by atoms with E-state index < -0.39 is 10.0 Å². The van der Waals surface area contributed by atoms with E-state index in [2.05, 4.69) is 10.4 Å². The minimum absolute atomic E-state index is 0.182. The number of benzene rings is 2. The van der Waals surface area contributed by atoms with Gasteiger partial charge in [0.1, 0.15) is 12.4 Å². The van der Waals surface area contributed by atoms with Crippen molar-refractivity contribution in [3.05, 3.63) is 65.1 Å². The Balaban J connectivity index is 1.63. The highest BCUT2D eigenvalue weighted by atomic mass is 32.2. The lowest BCUT2D eigenvalue weighted by Gasteiger charge is -2.12. The van der Waals surface area contributed by atoms with E-state index in [4.69, 9.17) is 4.74 Å². The second-order valence-electron chi connectivity index (χ2n) is 5.84. The molecule has 0 N–H and O–H groups in total. The fourth-order valence-electron chi connectivity index (χ4n) is 2.31. The minimum Gasteiger partial charge on any atom is -0.492 e. The molecule has 1 heterocycles. The highest BCUT2D eigenvalue weighted by molar-refractivity contribution is 7.89. The summed E-state index contributed by atoms with van der Waals surface area (Å²) in [7, 11) is -0.530. The Morgan fingerprint density at radius 2 is 1.67 bits per heavy atom. The summed E-state index contributed by atoms with van der Waals surface area (Å²) in [4.78, 5) is 12.5. The normalized spacial score (nSPS) is 11.7. The summed E-state index contributed by atoms with van der Waals surface area (Å²) in [5, 5.41) is 7.70. The molecule has 0 atom stereocenters. The molecule has 1 aromatic heterocycles. The molecule has 0 unspecified atom stereocenters. The number of aromatic nitrogens is 4. The Bertz CT molecular complexity index is 1060. The first-order valence-electron chi connectivity index (χ1n) is 8.13. The Morgan fingerprint density at radius 3 is 2.30 bits per heavy atom. The zero-order chi connectivity index (χ0) is 19.4. The minimum atomic E-state index is -3.48. The molecule has 2 aromatic carbocycles. The topological polar surface area (TPSA) is 99.3 Å². The number of hydrogen-bond donors (Lipinski definition) is 0. The number of nitrogens with zero attached hydrogens (tertiary/aromatic N) is 5. The van der Waals surface area contributed by atoms with Gasteiger partial charge >= 0.3 is 5.69 Å². The summed E-state index contributed by atoms with van der Waals surface area (Å²) in [6.45, 7) is 0.399.